The van der Waals surface area contributed by atoms with E-state index in [4.69, 9.17) is 26.6 Å². The number of hydrogen-bond donors (Lipinski definition) is 1. The predicted octanol–water partition coefficient (Wildman–Crippen LogP) is 5.08. The first kappa shape index (κ1) is 18.7. The van der Waals surface area contributed by atoms with Crippen molar-refractivity contribution in [2.24, 2.45) is 23.2 Å². The quantitative estimate of drug-likeness (QED) is 0.733. The van der Waals surface area contributed by atoms with Gasteiger partial charge in [0.15, 0.2) is 0 Å². The Hall–Kier alpha value is -1.68. The molecule has 4 aliphatic rings. The van der Waals surface area contributed by atoms with E-state index in [9.17, 15) is 4.91 Å². The van der Waals surface area contributed by atoms with Crippen molar-refractivity contribution >= 4 is 17.5 Å². The molecule has 0 aromatic heterocycles. The van der Waals surface area contributed by atoms with E-state index in [2.05, 4.69) is 26.6 Å². The van der Waals surface area contributed by atoms with Crippen molar-refractivity contribution in [3.8, 4) is 0 Å². The normalized spacial score (nSPS) is 37.2. The van der Waals surface area contributed by atoms with Crippen molar-refractivity contribution in [1.29, 1.82) is 5.41 Å². The van der Waals surface area contributed by atoms with Gasteiger partial charge in [0.25, 0.3) is 11.2 Å². The highest BCUT2D eigenvalue weighted by Crippen LogP contribution is 2.62. The van der Waals surface area contributed by atoms with E-state index in [0.717, 1.165) is 12.0 Å². The zero-order valence-corrected chi connectivity index (χ0v) is 16.7. The van der Waals surface area contributed by atoms with Gasteiger partial charge in [0.2, 0.25) is 0 Å². The molecule has 1 heterocycles. The maximum atomic E-state index is 12.4. The fraction of sp³-hybridized carbons (Fsp3) is 0.619. The van der Waals surface area contributed by atoms with Gasteiger partial charge in [-0.3, -0.25) is 5.41 Å². The van der Waals surface area contributed by atoms with Crippen LogP contribution in [0.4, 0.5) is 0 Å². The maximum absolute atomic E-state index is 12.4. The van der Waals surface area contributed by atoms with Crippen molar-refractivity contribution in [3.63, 3.8) is 0 Å². The summed E-state index contributed by atoms with van der Waals surface area (Å²) in [5.41, 5.74) is 1.46. The number of allylic oxidation sites excluding steroid dienone is 1. The zero-order chi connectivity index (χ0) is 19.3. The van der Waals surface area contributed by atoms with Gasteiger partial charge >= 0.3 is 5.70 Å². The summed E-state index contributed by atoms with van der Waals surface area (Å²) in [4.78, 5) is 18.2. The van der Waals surface area contributed by atoms with Gasteiger partial charge in [-0.05, 0) is 53.7 Å². The molecule has 5 nitrogen and oxygen atoms in total. The molecule has 3 saturated carbocycles. The molecule has 6 heteroatoms. The summed E-state index contributed by atoms with van der Waals surface area (Å²) in [6, 6.07) is 7.33. The number of hydrogen-bond acceptors (Lipinski definition) is 4. The van der Waals surface area contributed by atoms with E-state index in [1.54, 1.807) is 12.1 Å². The first-order chi connectivity index (χ1) is 12.8. The molecule has 0 spiro atoms. The van der Waals surface area contributed by atoms with E-state index < -0.39 is 6.29 Å². The van der Waals surface area contributed by atoms with Gasteiger partial charge in [-0.15, -0.1) is 0 Å². The lowest BCUT2D eigenvalue weighted by molar-refractivity contribution is -0.802. The van der Waals surface area contributed by atoms with Crippen LogP contribution >= 0.6 is 11.6 Å². The number of rotatable bonds is 3. The molecule has 144 valence electrons. The monoisotopic (exact) mass is 389 g/mol. The van der Waals surface area contributed by atoms with E-state index in [1.807, 2.05) is 12.1 Å². The minimum Gasteiger partial charge on any atom is -0.334 e. The van der Waals surface area contributed by atoms with Crippen LogP contribution in [0, 0.1) is 33.5 Å². The standard InChI is InChI=1S/C21H26ClN2O3/c1-12-17-8-14(21(17,2)3)9-19(12)26-20-10-16(18(11-23)24(25)27-20)13-4-6-15(22)7-5-13/h4-7,12,14,16-17,19-20,23H,8-10H2,1-3H3/q+1/t12-,14+,16+,17-,19-,20+/m1/s1. The van der Waals surface area contributed by atoms with Crippen LogP contribution in [0.2, 0.25) is 5.02 Å². The zero-order valence-electron chi connectivity index (χ0n) is 15.9. The highest BCUT2D eigenvalue weighted by atomic mass is 35.5. The van der Waals surface area contributed by atoms with Gasteiger partial charge in [-0.1, -0.05) is 44.5 Å². The molecule has 4 fully saturated rings. The maximum Gasteiger partial charge on any atom is 0.361 e. The fourth-order valence-electron chi connectivity index (χ4n) is 5.32. The summed E-state index contributed by atoms with van der Waals surface area (Å²) in [5, 5.41) is 8.14. The van der Waals surface area contributed by atoms with Gasteiger partial charge < -0.3 is 4.74 Å². The Morgan fingerprint density at radius 2 is 1.96 bits per heavy atom. The highest BCUT2D eigenvalue weighted by Gasteiger charge is 2.57. The van der Waals surface area contributed by atoms with Crippen LogP contribution in [0.25, 0.3) is 0 Å². The third-order valence-corrected chi connectivity index (χ3v) is 7.43. The molecule has 1 aromatic rings. The summed E-state index contributed by atoms with van der Waals surface area (Å²) >= 11 is 5.98. The molecule has 3 aliphatic carbocycles. The molecule has 0 unspecified atom stereocenters. The van der Waals surface area contributed by atoms with Crippen LogP contribution in [0.1, 0.15) is 51.5 Å². The highest BCUT2D eigenvalue weighted by molar-refractivity contribution is 6.30. The summed E-state index contributed by atoms with van der Waals surface area (Å²) in [6.07, 6.45) is 2.28. The van der Waals surface area contributed by atoms with Crippen molar-refractivity contribution in [2.45, 2.75) is 58.3 Å². The van der Waals surface area contributed by atoms with Gasteiger partial charge in [0, 0.05) is 11.4 Å². The molecule has 2 bridgehead atoms. The van der Waals surface area contributed by atoms with Gasteiger partial charge in [0.05, 0.1) is 22.8 Å². The second-order valence-corrected chi connectivity index (χ2v) is 9.21. The number of fused-ring (bicyclic) bond motifs is 2. The van der Waals surface area contributed by atoms with Crippen LogP contribution in [0.3, 0.4) is 0 Å². The third-order valence-electron chi connectivity index (χ3n) is 7.18. The largest absolute Gasteiger partial charge is 0.361 e. The molecule has 6 atom stereocenters. The molecule has 1 N–H and O–H groups in total. The first-order valence-electron chi connectivity index (χ1n) is 9.65. The van der Waals surface area contributed by atoms with Gasteiger partial charge in [0.1, 0.15) is 0 Å². The van der Waals surface area contributed by atoms with Crippen molar-refractivity contribution in [2.75, 3.05) is 0 Å². The second kappa shape index (κ2) is 6.73. The fourth-order valence-corrected chi connectivity index (χ4v) is 5.44. The SMILES string of the molecule is C[C@@H]1[C@H]2C[C@@H](C[C@H]1O[C@@H]1C[C@@H](c3ccc(Cl)cc3)C(=C=N)[N+](=O)O1)C2(C)C. The Morgan fingerprint density at radius 1 is 1.26 bits per heavy atom. The molecule has 1 aliphatic heterocycles. The average Bonchev–Trinajstić information content (AvgIpc) is 2.63. The lowest BCUT2D eigenvalue weighted by Gasteiger charge is -2.61. The molecular weight excluding hydrogens is 364 g/mol. The molecule has 0 radical (unpaired) electrons. The van der Waals surface area contributed by atoms with E-state index in [0.29, 0.717) is 39.5 Å². The van der Waals surface area contributed by atoms with Gasteiger partial charge in [-0.25, -0.2) is 0 Å². The first-order valence-corrected chi connectivity index (χ1v) is 10.0. The summed E-state index contributed by atoms with van der Waals surface area (Å²) in [5.74, 6) is 3.74. The van der Waals surface area contributed by atoms with E-state index in [1.165, 1.54) is 6.42 Å². The van der Waals surface area contributed by atoms with Crippen molar-refractivity contribution < 1.29 is 14.5 Å². The van der Waals surface area contributed by atoms with Gasteiger partial charge in [-0.2, -0.15) is 4.84 Å². The number of nitrogens with zero attached hydrogens (tertiary/aromatic N) is 1. The number of ether oxygens (including phenoxy) is 1. The van der Waals surface area contributed by atoms with Crippen LogP contribution in [-0.4, -0.2) is 23.2 Å². The van der Waals surface area contributed by atoms with Crippen LogP contribution in [-0.2, 0) is 9.57 Å². The van der Waals surface area contributed by atoms with E-state index in [-0.39, 0.29) is 17.7 Å². The predicted molar refractivity (Wildman–Crippen MR) is 103 cm³/mol. The third kappa shape index (κ3) is 3.12. The van der Waals surface area contributed by atoms with Crippen molar-refractivity contribution in [1.82, 2.24) is 0 Å². The Balaban J connectivity index is 1.50. The lowest BCUT2D eigenvalue weighted by atomic mass is 9.45. The molecule has 27 heavy (non-hydrogen) atoms. The summed E-state index contributed by atoms with van der Waals surface area (Å²) in [7, 11) is 0. The number of benzene rings is 1. The minimum atomic E-state index is -0.617. The molecule has 0 amide bonds. The topological polar surface area (TPSA) is 62.4 Å². The Morgan fingerprint density at radius 3 is 2.56 bits per heavy atom. The van der Waals surface area contributed by atoms with Crippen LogP contribution in [0.5, 0.6) is 0 Å². The second-order valence-electron chi connectivity index (χ2n) is 8.77. The summed E-state index contributed by atoms with van der Waals surface area (Å²) < 4.78 is 6.29. The molecule has 1 saturated heterocycles. The minimum absolute atomic E-state index is 0.108. The van der Waals surface area contributed by atoms with Crippen LogP contribution in [0.15, 0.2) is 30.0 Å². The Bertz CT molecular complexity index is 800. The van der Waals surface area contributed by atoms with Crippen LogP contribution < -0.4 is 0 Å². The Labute approximate surface area is 164 Å². The van der Waals surface area contributed by atoms with E-state index >= 15 is 0 Å². The molecule has 1 aromatic carbocycles. The number of nitrogens with one attached hydrogen (secondary N) is 1. The number of halogens is 1. The Kier molecular flexibility index (Phi) is 4.66. The summed E-state index contributed by atoms with van der Waals surface area (Å²) in [6.45, 7) is 6.96. The molecular formula is C21H26ClN2O3+. The smallest absolute Gasteiger partial charge is 0.334 e. The lowest BCUT2D eigenvalue weighted by Crippen LogP contribution is -2.58. The van der Waals surface area contributed by atoms with Crippen molar-refractivity contribution in [3.05, 3.63) is 45.5 Å². The average molecular weight is 390 g/mol. The molecule has 5 rings (SSSR count).